The van der Waals surface area contributed by atoms with Gasteiger partial charge in [-0.1, -0.05) is 117 Å². The quantitative estimate of drug-likeness (QED) is 0.368. The van der Waals surface area contributed by atoms with Gasteiger partial charge in [0, 0.05) is 6.42 Å². The molecule has 4 atom stereocenters. The number of cyclic esters (lactones) is 1. The highest BCUT2D eigenvalue weighted by Crippen LogP contribution is 2.44. The molecule has 1 saturated heterocycles. The zero-order chi connectivity index (χ0) is 24.1. The number of ether oxygens (including phenoxy) is 1. The molecule has 0 saturated carbocycles. The Hall–Kier alpha value is -3.33. The maximum atomic E-state index is 13.4. The molecule has 0 spiro atoms. The highest BCUT2D eigenvalue weighted by atomic mass is 28.3. The van der Waals surface area contributed by atoms with Gasteiger partial charge >= 0.3 is 6.09 Å². The van der Waals surface area contributed by atoms with E-state index in [1.165, 1.54) is 0 Å². The first kappa shape index (κ1) is 23.8. The topological polar surface area (TPSA) is 49.8 Å². The first-order valence-corrected chi connectivity index (χ1v) is 15.2. The summed E-state index contributed by atoms with van der Waals surface area (Å²) in [4.78, 5) is 15.1. The highest BCUT2D eigenvalue weighted by molar-refractivity contribution is 6.83. The van der Waals surface area contributed by atoms with Crippen molar-refractivity contribution in [3.63, 3.8) is 0 Å². The fraction of sp³-hybridized carbons (Fsp3) is 0.276. The smallest absolute Gasteiger partial charge is 0.412 e. The SMILES string of the molecule is C[Si](C)(C)C#C[C@H]([C@H](O)Cc1ccccc1)N1C(=O)O[C@@H](c2ccccc2)[C@H]1c1ccccc1. The van der Waals surface area contributed by atoms with Gasteiger partial charge in [-0.2, -0.15) is 0 Å². The predicted molar refractivity (Wildman–Crippen MR) is 138 cm³/mol. The van der Waals surface area contributed by atoms with E-state index in [9.17, 15) is 9.90 Å². The van der Waals surface area contributed by atoms with Gasteiger partial charge in [-0.3, -0.25) is 4.90 Å². The van der Waals surface area contributed by atoms with Gasteiger partial charge in [-0.15, -0.1) is 5.54 Å². The largest absolute Gasteiger partial charge is 0.439 e. The second-order valence-electron chi connectivity index (χ2n) is 9.70. The van der Waals surface area contributed by atoms with Crippen LogP contribution < -0.4 is 0 Å². The van der Waals surface area contributed by atoms with Crippen LogP contribution in [0.3, 0.4) is 0 Å². The summed E-state index contributed by atoms with van der Waals surface area (Å²) in [5.74, 6) is 3.31. The maximum absolute atomic E-state index is 13.4. The van der Waals surface area contributed by atoms with Gasteiger partial charge in [0.15, 0.2) is 6.10 Å². The molecule has 1 aliphatic heterocycles. The summed E-state index contributed by atoms with van der Waals surface area (Å²) in [6.07, 6.45) is -1.41. The van der Waals surface area contributed by atoms with Crippen molar-refractivity contribution < 1.29 is 14.6 Å². The first-order chi connectivity index (χ1) is 16.3. The van der Waals surface area contributed by atoms with Crippen molar-refractivity contribution in [3.8, 4) is 11.5 Å². The minimum atomic E-state index is -1.76. The summed E-state index contributed by atoms with van der Waals surface area (Å²) in [5.41, 5.74) is 6.26. The van der Waals surface area contributed by atoms with E-state index in [0.717, 1.165) is 16.7 Å². The van der Waals surface area contributed by atoms with Crippen LogP contribution in [0.1, 0.15) is 28.8 Å². The van der Waals surface area contributed by atoms with Crippen molar-refractivity contribution in [2.75, 3.05) is 0 Å². The zero-order valence-corrected chi connectivity index (χ0v) is 20.9. The van der Waals surface area contributed by atoms with E-state index in [2.05, 4.69) is 31.1 Å². The van der Waals surface area contributed by atoms with Gasteiger partial charge in [0.25, 0.3) is 0 Å². The number of amides is 1. The molecular weight excluding hydrogens is 438 g/mol. The third-order valence-electron chi connectivity index (χ3n) is 5.84. The third kappa shape index (κ3) is 5.59. The lowest BCUT2D eigenvalue weighted by Crippen LogP contribution is -2.46. The van der Waals surface area contributed by atoms with Gasteiger partial charge in [-0.25, -0.2) is 4.79 Å². The van der Waals surface area contributed by atoms with Crippen molar-refractivity contribution in [3.05, 3.63) is 108 Å². The van der Waals surface area contributed by atoms with Gasteiger partial charge in [0.1, 0.15) is 20.2 Å². The predicted octanol–water partition coefficient (Wildman–Crippen LogP) is 5.77. The molecule has 174 valence electrons. The molecule has 0 aliphatic carbocycles. The molecule has 1 amide bonds. The van der Waals surface area contributed by atoms with Gasteiger partial charge in [0.2, 0.25) is 0 Å². The molecular formula is C29H31NO3Si. The molecule has 0 radical (unpaired) electrons. The lowest BCUT2D eigenvalue weighted by molar-refractivity contribution is 0.0817. The van der Waals surface area contributed by atoms with E-state index in [4.69, 9.17) is 4.74 Å². The summed E-state index contributed by atoms with van der Waals surface area (Å²) in [6.45, 7) is 6.47. The number of aliphatic hydroxyl groups is 1. The molecule has 3 aromatic carbocycles. The first-order valence-electron chi connectivity index (χ1n) is 11.7. The average Bonchev–Trinajstić information content (AvgIpc) is 3.17. The van der Waals surface area contributed by atoms with Crippen molar-refractivity contribution in [1.29, 1.82) is 0 Å². The van der Waals surface area contributed by atoms with Crippen LogP contribution in [0.2, 0.25) is 19.6 Å². The van der Waals surface area contributed by atoms with Crippen LogP contribution in [0, 0.1) is 11.5 Å². The monoisotopic (exact) mass is 469 g/mol. The summed E-state index contributed by atoms with van der Waals surface area (Å²) in [7, 11) is -1.76. The summed E-state index contributed by atoms with van der Waals surface area (Å²) >= 11 is 0. The molecule has 34 heavy (non-hydrogen) atoms. The van der Waals surface area contributed by atoms with Crippen molar-refractivity contribution >= 4 is 14.2 Å². The van der Waals surface area contributed by atoms with Crippen molar-refractivity contribution in [2.45, 2.75) is 50.4 Å². The number of rotatable bonds is 6. The molecule has 0 aromatic heterocycles. The van der Waals surface area contributed by atoms with Crippen LogP contribution in [0.4, 0.5) is 4.79 Å². The average molecular weight is 470 g/mol. The second kappa shape index (κ2) is 10.3. The minimum Gasteiger partial charge on any atom is -0.439 e. The highest BCUT2D eigenvalue weighted by Gasteiger charge is 2.48. The van der Waals surface area contributed by atoms with E-state index < -0.39 is 38.5 Å². The van der Waals surface area contributed by atoms with E-state index in [1.54, 1.807) is 4.90 Å². The molecule has 1 heterocycles. The summed E-state index contributed by atoms with van der Waals surface area (Å²) in [5, 5.41) is 11.4. The Kier molecular flexibility index (Phi) is 7.21. The molecule has 5 heteroatoms. The molecule has 1 aliphatic rings. The molecule has 0 bridgehead atoms. The normalized spacial score (nSPS) is 19.6. The van der Waals surface area contributed by atoms with E-state index in [1.807, 2.05) is 91.0 Å². The van der Waals surface area contributed by atoms with Gasteiger partial charge in [-0.05, 0) is 16.7 Å². The van der Waals surface area contributed by atoms with Gasteiger partial charge in [0.05, 0.1) is 6.10 Å². The van der Waals surface area contributed by atoms with Crippen LogP contribution in [0.15, 0.2) is 91.0 Å². The van der Waals surface area contributed by atoms with Gasteiger partial charge < -0.3 is 9.84 Å². The standard InChI is InChI=1S/C29H31NO3Si/c1-34(2,3)20-19-25(26(31)21-22-13-7-4-8-14-22)30-27(23-15-9-5-10-16-23)28(33-29(30)32)24-17-11-6-12-18-24/h4-18,25-28,31H,21H2,1-3H3/t25-,26-,27-,28+/m1/s1. The van der Waals surface area contributed by atoms with Crippen molar-refractivity contribution in [2.24, 2.45) is 0 Å². The summed E-state index contributed by atoms with van der Waals surface area (Å²) < 4.78 is 5.96. The van der Waals surface area contributed by atoms with E-state index in [0.29, 0.717) is 6.42 Å². The Morgan fingerprint density at radius 2 is 1.41 bits per heavy atom. The van der Waals surface area contributed by atoms with Crippen LogP contribution in [0.5, 0.6) is 0 Å². The molecule has 0 unspecified atom stereocenters. The third-order valence-corrected chi connectivity index (χ3v) is 6.74. The molecule has 3 aromatic rings. The lowest BCUT2D eigenvalue weighted by atomic mass is 9.93. The Morgan fingerprint density at radius 3 is 1.97 bits per heavy atom. The Balaban J connectivity index is 1.78. The number of nitrogens with zero attached hydrogens (tertiary/aromatic N) is 1. The minimum absolute atomic E-state index is 0.396. The fourth-order valence-electron chi connectivity index (χ4n) is 4.27. The Bertz CT molecular complexity index is 1150. The summed E-state index contributed by atoms with van der Waals surface area (Å²) in [6, 6.07) is 28.4. The van der Waals surface area contributed by atoms with Crippen LogP contribution in [0.25, 0.3) is 0 Å². The van der Waals surface area contributed by atoms with Crippen LogP contribution in [-0.4, -0.2) is 36.3 Å². The number of aliphatic hydroxyl groups excluding tert-OH is 1. The fourth-order valence-corrected chi connectivity index (χ4v) is 4.85. The molecule has 1 fully saturated rings. The molecule has 4 rings (SSSR count). The number of carbonyl (C=O) groups excluding carboxylic acids is 1. The molecule has 1 N–H and O–H groups in total. The zero-order valence-electron chi connectivity index (χ0n) is 19.9. The second-order valence-corrected chi connectivity index (χ2v) is 14.4. The number of hydrogen-bond donors (Lipinski definition) is 1. The molecule has 4 nitrogen and oxygen atoms in total. The Morgan fingerprint density at radius 1 is 0.882 bits per heavy atom. The number of benzene rings is 3. The van der Waals surface area contributed by atoms with E-state index >= 15 is 0 Å². The van der Waals surface area contributed by atoms with Crippen molar-refractivity contribution in [1.82, 2.24) is 4.90 Å². The number of carbonyl (C=O) groups is 1. The van der Waals surface area contributed by atoms with Crippen LogP contribution >= 0.6 is 0 Å². The maximum Gasteiger partial charge on any atom is 0.412 e. The number of hydrogen-bond acceptors (Lipinski definition) is 3. The Labute approximate surface area is 203 Å². The van der Waals surface area contributed by atoms with Crippen LogP contribution in [-0.2, 0) is 11.2 Å². The van der Waals surface area contributed by atoms with E-state index in [-0.39, 0.29) is 0 Å². The lowest BCUT2D eigenvalue weighted by Gasteiger charge is -2.32.